The van der Waals surface area contributed by atoms with Crippen LogP contribution >= 0.6 is 0 Å². The van der Waals surface area contributed by atoms with Gasteiger partial charge in [-0.25, -0.2) is 0 Å². The molecule has 1 heterocycles. The Morgan fingerprint density at radius 2 is 0.325 bits per heavy atom. The van der Waals surface area contributed by atoms with Gasteiger partial charge in [-0.2, -0.15) is 0 Å². The SMILES string of the molecule is CCCCCCCCNc1cc(NCCCCCCCC)c2cc1[nH]c1cc([nH]c3cc([nH]c4cc([nH]c5cc([nH]c6cc([nH]2)c([N+](=O)[O-])cc6[N+](=O)[O-])c(NCCCCCCCC)cc5NCCCCCCCC)c([N+](=O)[O-])cc4[N+](=O)[O-])c(NCCCCCCCC)cc3NCCCCCCCC)c([N+](=O)[O-])cc1[N+](=O)[O-]. The maximum Gasteiger partial charge on any atom is 0.299 e. The number of unbranched alkanes of at least 4 members (excludes halogenated alkanes) is 30. The van der Waals surface area contributed by atoms with Crippen molar-refractivity contribution < 1.29 is 29.5 Å². The predicted octanol–water partition coefficient (Wildman–Crippen LogP) is 25.7. The van der Waals surface area contributed by atoms with E-state index in [1.54, 1.807) is 36.4 Å². The fourth-order valence-electron chi connectivity index (χ4n) is 14.2. The normalized spacial score (nSPS) is 11.2. The number of nitro benzene ring substituents is 6. The number of hydrogen-bond acceptors (Lipinski definition) is 18. The minimum atomic E-state index is -0.735. The van der Waals surface area contributed by atoms with Crippen LogP contribution in [0.2, 0.25) is 0 Å². The van der Waals surface area contributed by atoms with Gasteiger partial charge in [-0.1, -0.05) is 234 Å². The molecule has 12 N–H and O–H groups in total. The first-order chi connectivity index (χ1) is 55.3. The molecule has 0 aliphatic rings. The van der Waals surface area contributed by atoms with Crippen molar-refractivity contribution in [3.8, 4) is 0 Å². The number of rotatable bonds is 54. The van der Waals surface area contributed by atoms with Gasteiger partial charge in [-0.15, -0.1) is 0 Å². The molecule has 0 amide bonds. The summed E-state index contributed by atoms with van der Waals surface area (Å²) in [5.74, 6) is 0. The van der Waals surface area contributed by atoms with E-state index in [1.165, 1.54) is 18.2 Å². The van der Waals surface area contributed by atoms with Gasteiger partial charge in [0.05, 0.1) is 115 Å². The minimum absolute atomic E-state index is 0.206. The number of aromatic amines is 6. The molecule has 0 spiro atoms. The molecule has 0 aliphatic heterocycles. The van der Waals surface area contributed by atoms with Gasteiger partial charge in [-0.3, -0.25) is 60.7 Å². The Morgan fingerprint density at radius 1 is 0.193 bits per heavy atom. The maximum atomic E-state index is 13.5. The number of H-pyrrole nitrogens is 6. The summed E-state index contributed by atoms with van der Waals surface area (Å²) in [6.07, 6.45) is 35.0. The zero-order chi connectivity index (χ0) is 82.0. The van der Waals surface area contributed by atoms with Crippen LogP contribution in [0, 0.1) is 60.7 Å². The first-order valence-electron chi connectivity index (χ1n) is 42.3. The van der Waals surface area contributed by atoms with E-state index >= 15 is 0 Å². The summed E-state index contributed by atoms with van der Waals surface area (Å²) >= 11 is 0. The Hall–Kier alpha value is -10.7. The molecule has 7 aromatic rings. The first kappa shape index (κ1) is 90.5. The van der Waals surface area contributed by atoms with E-state index in [0.29, 0.717) is 73.4 Å². The van der Waals surface area contributed by atoms with Crippen molar-refractivity contribution in [1.29, 1.82) is 0 Å². The number of non-ortho nitro benzene ring substituents is 6. The summed E-state index contributed by atoms with van der Waals surface area (Å²) in [5, 5.41) is 103. The number of nitrogens with zero attached hydrogens (tertiary/aromatic N) is 6. The van der Waals surface area contributed by atoms with Crippen molar-refractivity contribution in [1.82, 2.24) is 29.9 Å². The minimum Gasteiger partial charge on any atom is -0.383 e. The largest absolute Gasteiger partial charge is 0.383 e. The molecule has 30 nitrogen and oxygen atoms in total. The topological polar surface area (TPSA) is 426 Å². The molecule has 0 radical (unpaired) electrons. The van der Waals surface area contributed by atoms with E-state index in [4.69, 9.17) is 0 Å². The highest BCUT2D eigenvalue weighted by molar-refractivity contribution is 5.95. The van der Waals surface area contributed by atoms with Crippen LogP contribution < -0.4 is 31.9 Å². The Bertz CT molecular complexity index is 3890. The van der Waals surface area contributed by atoms with Crippen molar-refractivity contribution in [2.75, 3.05) is 71.2 Å². The quantitative estimate of drug-likeness (QED) is 0.00957. The first-order valence-corrected chi connectivity index (χ1v) is 42.3. The average molecular weight is 1580 g/mol. The second kappa shape index (κ2) is 49.7. The summed E-state index contributed by atoms with van der Waals surface area (Å²) in [5.41, 5.74) is -1.44. The van der Waals surface area contributed by atoms with Gasteiger partial charge in [0.1, 0.15) is 33.1 Å². The van der Waals surface area contributed by atoms with Crippen LogP contribution in [0.25, 0.3) is 66.2 Å². The van der Waals surface area contributed by atoms with E-state index < -0.39 is 63.7 Å². The van der Waals surface area contributed by atoms with Gasteiger partial charge in [-0.05, 0) is 93.1 Å². The molecule has 0 atom stereocenters. The highest BCUT2D eigenvalue weighted by Gasteiger charge is 2.26. The third-order valence-corrected chi connectivity index (χ3v) is 20.7. The van der Waals surface area contributed by atoms with Crippen LogP contribution in [0.3, 0.4) is 0 Å². The Labute approximate surface area is 668 Å². The number of benzene rings is 6. The van der Waals surface area contributed by atoms with Gasteiger partial charge in [0.15, 0.2) is 0 Å². The Balaban J connectivity index is 1.78. The van der Waals surface area contributed by atoms with Crippen LogP contribution in [0.4, 0.5) is 68.2 Å². The number of nitro groups is 6. The van der Waals surface area contributed by atoms with E-state index in [-0.39, 0.29) is 66.2 Å². The molecular weight excluding hydrogens is 1450 g/mol. The second-order valence-electron chi connectivity index (χ2n) is 29.9. The van der Waals surface area contributed by atoms with E-state index in [0.717, 1.165) is 249 Å². The second-order valence-corrected chi connectivity index (χ2v) is 29.9. The fourth-order valence-corrected chi connectivity index (χ4v) is 14.2. The third kappa shape index (κ3) is 29.1. The van der Waals surface area contributed by atoms with Gasteiger partial charge in [0.25, 0.3) is 34.1 Å². The average Bonchev–Trinajstić information content (AvgIpc) is 0.779. The zero-order valence-electron chi connectivity index (χ0n) is 68.2. The summed E-state index contributed by atoms with van der Waals surface area (Å²) in [7, 11) is 0. The van der Waals surface area contributed by atoms with Gasteiger partial charge < -0.3 is 61.8 Å². The summed E-state index contributed by atoms with van der Waals surface area (Å²) in [6, 6.07) is 16.6. The predicted molar refractivity (Wildman–Crippen MR) is 468 cm³/mol. The molecular formula is C84H126N18O12. The van der Waals surface area contributed by atoms with Crippen LogP contribution in [-0.2, 0) is 0 Å². The van der Waals surface area contributed by atoms with Crippen LogP contribution in [0.1, 0.15) is 273 Å². The number of fused-ring (bicyclic) bond motifs is 12. The zero-order valence-corrected chi connectivity index (χ0v) is 68.2. The molecule has 30 heteroatoms. The van der Waals surface area contributed by atoms with Crippen molar-refractivity contribution in [3.63, 3.8) is 0 Å². The summed E-state index contributed by atoms with van der Waals surface area (Å²) < 4.78 is 0. The van der Waals surface area contributed by atoms with Crippen molar-refractivity contribution in [3.05, 3.63) is 133 Å². The van der Waals surface area contributed by atoms with E-state index in [1.807, 2.05) is 0 Å². The van der Waals surface area contributed by atoms with Gasteiger partial charge >= 0.3 is 0 Å². The molecule has 624 valence electrons. The molecule has 114 heavy (non-hydrogen) atoms. The van der Waals surface area contributed by atoms with Crippen LogP contribution in [0.5, 0.6) is 0 Å². The maximum absolute atomic E-state index is 13.5. The Morgan fingerprint density at radius 3 is 0.465 bits per heavy atom. The molecule has 0 unspecified atom stereocenters. The monoisotopic (exact) mass is 1580 g/mol. The summed E-state index contributed by atoms with van der Waals surface area (Å²) in [6.45, 7) is 15.6. The molecule has 1 aromatic heterocycles. The number of anilines is 6. The van der Waals surface area contributed by atoms with E-state index in [9.17, 15) is 60.7 Å². The lowest BCUT2D eigenvalue weighted by atomic mass is 10.1. The standard InChI is InChI=1S/C84H126N18O12/c1-7-13-19-25-31-37-43-85-61-49-62(86-44-38-32-26-20-14-8-2)68-52-67(61)91-73-55-74(80(98(105)106)58-79(73)97(103)104)93-69-53-70(64(88-46-40-34-28-22-16-10-4)50-63(69)87-45-39-33-27-21-15-9-3)95-77-57-78(84(102(113)114)60-83(77)101(111)112)96-72-54-71(94-76-56-75(92-68)81(99(107)108)59-82(76)100(109)110)65(89-47-41-35-29-23-17-11-5)51-66(72)90-48-42-36-30-24-18-12-6/h49-60,85-96H,7-48H2,1-6H3. The van der Waals surface area contributed by atoms with Crippen molar-refractivity contribution in [2.24, 2.45) is 0 Å². The van der Waals surface area contributed by atoms with Gasteiger partial charge in [0, 0.05) is 39.3 Å². The molecule has 12 bridgehead atoms. The number of hydrogen-bond donors (Lipinski definition) is 12. The number of aromatic nitrogens is 6. The lowest BCUT2D eigenvalue weighted by molar-refractivity contribution is -0.392. The third-order valence-electron chi connectivity index (χ3n) is 20.7. The fraction of sp³-hybridized carbons (Fsp3) is 0.571. The molecule has 7 rings (SSSR count). The smallest absolute Gasteiger partial charge is 0.299 e. The molecule has 0 saturated heterocycles. The van der Waals surface area contributed by atoms with Crippen LogP contribution in [0.15, 0.2) is 72.8 Å². The molecule has 0 aliphatic carbocycles. The summed E-state index contributed by atoms with van der Waals surface area (Å²) in [4.78, 5) is 96.6. The molecule has 0 saturated carbocycles. The molecule has 0 fully saturated rings. The highest BCUT2D eigenvalue weighted by Crippen LogP contribution is 2.38. The Kier molecular flexibility index (Phi) is 39.5. The van der Waals surface area contributed by atoms with Crippen molar-refractivity contribution >= 4 is 134 Å². The lowest BCUT2D eigenvalue weighted by Gasteiger charge is -2.15. The van der Waals surface area contributed by atoms with Gasteiger partial charge in [0.2, 0.25) is 0 Å². The van der Waals surface area contributed by atoms with Crippen LogP contribution in [-0.4, -0.2) is 98.7 Å². The highest BCUT2D eigenvalue weighted by atomic mass is 16.6. The van der Waals surface area contributed by atoms with E-state index in [2.05, 4.69) is 103 Å². The lowest BCUT2D eigenvalue weighted by Crippen LogP contribution is -2.07. The molecule has 6 aromatic carbocycles. The van der Waals surface area contributed by atoms with Crippen molar-refractivity contribution in [2.45, 2.75) is 273 Å². The number of nitrogens with one attached hydrogen (secondary N) is 12.